The first-order valence-electron chi connectivity index (χ1n) is 6.93. The van der Waals surface area contributed by atoms with Crippen LogP contribution < -0.4 is 5.32 Å². The lowest BCUT2D eigenvalue weighted by molar-refractivity contribution is 0.0278. The Kier molecular flexibility index (Phi) is 6.33. The standard InChI is InChI=1S/C15H20FN3O2/c16-15-5-2-1-4-13(15)11-21-12-14(20)10-17-7-9-19-8-3-6-18-19/h1-6,8,14,17,20H,7,9-12H2. The van der Waals surface area contributed by atoms with Gasteiger partial charge in [0.25, 0.3) is 0 Å². The maximum atomic E-state index is 13.3. The molecule has 0 aliphatic heterocycles. The van der Waals surface area contributed by atoms with Crippen molar-refractivity contribution in [3.8, 4) is 0 Å². The molecule has 21 heavy (non-hydrogen) atoms. The van der Waals surface area contributed by atoms with Crippen molar-refractivity contribution >= 4 is 0 Å². The fourth-order valence-corrected chi connectivity index (χ4v) is 1.87. The molecule has 6 heteroatoms. The number of nitrogens with one attached hydrogen (secondary N) is 1. The number of halogens is 1. The molecule has 114 valence electrons. The third kappa shape index (κ3) is 5.63. The zero-order valence-corrected chi connectivity index (χ0v) is 11.8. The summed E-state index contributed by atoms with van der Waals surface area (Å²) >= 11 is 0. The van der Waals surface area contributed by atoms with E-state index in [1.165, 1.54) is 6.07 Å². The monoisotopic (exact) mass is 293 g/mol. The summed E-state index contributed by atoms with van der Waals surface area (Å²) in [4.78, 5) is 0. The molecule has 1 heterocycles. The van der Waals surface area contributed by atoms with Crippen LogP contribution in [0.5, 0.6) is 0 Å². The van der Waals surface area contributed by atoms with Crippen molar-refractivity contribution in [2.24, 2.45) is 0 Å². The first kappa shape index (κ1) is 15.6. The molecule has 0 radical (unpaired) electrons. The number of benzene rings is 1. The molecule has 2 rings (SSSR count). The van der Waals surface area contributed by atoms with E-state index < -0.39 is 6.10 Å². The molecule has 2 N–H and O–H groups in total. The van der Waals surface area contributed by atoms with Gasteiger partial charge in [-0.25, -0.2) is 4.39 Å². The Balaban J connectivity index is 1.55. The summed E-state index contributed by atoms with van der Waals surface area (Å²) in [5.74, 6) is -0.288. The van der Waals surface area contributed by atoms with Crippen molar-refractivity contribution in [3.63, 3.8) is 0 Å². The number of aromatic nitrogens is 2. The van der Waals surface area contributed by atoms with Crippen molar-refractivity contribution in [2.45, 2.75) is 19.3 Å². The van der Waals surface area contributed by atoms with Gasteiger partial charge in [-0.1, -0.05) is 18.2 Å². The molecule has 0 aliphatic carbocycles. The van der Waals surface area contributed by atoms with Crippen molar-refractivity contribution in [1.29, 1.82) is 0 Å². The zero-order valence-electron chi connectivity index (χ0n) is 11.8. The van der Waals surface area contributed by atoms with Crippen LogP contribution in [0.15, 0.2) is 42.7 Å². The van der Waals surface area contributed by atoms with Gasteiger partial charge in [0.05, 0.1) is 25.9 Å². The van der Waals surface area contributed by atoms with Crippen LogP contribution in [0.25, 0.3) is 0 Å². The SMILES string of the molecule is OC(CNCCn1cccn1)COCc1ccccc1F. The lowest BCUT2D eigenvalue weighted by Crippen LogP contribution is -2.32. The Morgan fingerprint density at radius 3 is 2.95 bits per heavy atom. The summed E-state index contributed by atoms with van der Waals surface area (Å²) in [5.41, 5.74) is 0.497. The van der Waals surface area contributed by atoms with Crippen molar-refractivity contribution in [2.75, 3.05) is 19.7 Å². The first-order chi connectivity index (χ1) is 10.3. The van der Waals surface area contributed by atoms with Gasteiger partial charge in [0.1, 0.15) is 5.82 Å². The van der Waals surface area contributed by atoms with Gasteiger partial charge in [-0.15, -0.1) is 0 Å². The van der Waals surface area contributed by atoms with E-state index in [-0.39, 0.29) is 19.0 Å². The van der Waals surface area contributed by atoms with Crippen LogP contribution in [0.4, 0.5) is 4.39 Å². The van der Waals surface area contributed by atoms with Crippen LogP contribution in [-0.2, 0) is 17.9 Å². The fraction of sp³-hybridized carbons (Fsp3) is 0.400. The second-order valence-electron chi connectivity index (χ2n) is 4.73. The molecule has 2 aromatic rings. The Bertz CT molecular complexity index is 519. The summed E-state index contributed by atoms with van der Waals surface area (Å²) in [6, 6.07) is 8.33. The summed E-state index contributed by atoms with van der Waals surface area (Å²) in [6.45, 7) is 2.22. The zero-order chi connectivity index (χ0) is 14.9. The molecule has 1 aromatic heterocycles. The molecule has 0 saturated carbocycles. The van der Waals surface area contributed by atoms with Crippen LogP contribution in [0.1, 0.15) is 5.56 Å². The highest BCUT2D eigenvalue weighted by atomic mass is 19.1. The molecule has 0 fully saturated rings. The highest BCUT2D eigenvalue weighted by molar-refractivity contribution is 5.16. The second-order valence-corrected chi connectivity index (χ2v) is 4.73. The van der Waals surface area contributed by atoms with Gasteiger partial charge in [0.2, 0.25) is 0 Å². The lowest BCUT2D eigenvalue weighted by atomic mass is 10.2. The van der Waals surface area contributed by atoms with E-state index in [4.69, 9.17) is 4.74 Å². The maximum Gasteiger partial charge on any atom is 0.128 e. The van der Waals surface area contributed by atoms with Gasteiger partial charge >= 0.3 is 0 Å². The average Bonchev–Trinajstić information content (AvgIpc) is 2.99. The third-order valence-electron chi connectivity index (χ3n) is 2.98. The highest BCUT2D eigenvalue weighted by Gasteiger charge is 2.05. The van der Waals surface area contributed by atoms with E-state index >= 15 is 0 Å². The van der Waals surface area contributed by atoms with Crippen molar-refractivity contribution in [3.05, 3.63) is 54.1 Å². The number of aliphatic hydroxyl groups is 1. The lowest BCUT2D eigenvalue weighted by Gasteiger charge is -2.12. The molecule has 5 nitrogen and oxygen atoms in total. The Labute approximate surface area is 123 Å². The van der Waals surface area contributed by atoms with Crippen molar-refractivity contribution in [1.82, 2.24) is 15.1 Å². The molecule has 0 spiro atoms. The van der Waals surface area contributed by atoms with Gasteiger partial charge in [-0.3, -0.25) is 4.68 Å². The molecule has 0 aliphatic rings. The second kappa shape index (κ2) is 8.51. The summed E-state index contributed by atoms with van der Waals surface area (Å²) in [7, 11) is 0. The van der Waals surface area contributed by atoms with E-state index in [1.54, 1.807) is 24.4 Å². The van der Waals surface area contributed by atoms with E-state index in [9.17, 15) is 9.50 Å². The number of rotatable bonds is 9. The minimum Gasteiger partial charge on any atom is -0.389 e. The van der Waals surface area contributed by atoms with Gasteiger partial charge in [-0.05, 0) is 12.1 Å². The fourth-order valence-electron chi connectivity index (χ4n) is 1.87. The minimum absolute atomic E-state index is 0.164. The van der Waals surface area contributed by atoms with Crippen LogP contribution in [-0.4, -0.2) is 40.7 Å². The Morgan fingerprint density at radius 1 is 1.33 bits per heavy atom. The van der Waals surface area contributed by atoms with E-state index in [0.717, 1.165) is 6.54 Å². The number of ether oxygens (including phenoxy) is 1. The summed E-state index contributed by atoms with van der Waals surface area (Å²) < 4.78 is 20.5. The van der Waals surface area contributed by atoms with E-state index in [2.05, 4.69) is 10.4 Å². The summed E-state index contributed by atoms with van der Waals surface area (Å²) in [5, 5.41) is 16.9. The Hall–Kier alpha value is -1.76. The highest BCUT2D eigenvalue weighted by Crippen LogP contribution is 2.07. The van der Waals surface area contributed by atoms with Gasteiger partial charge in [0, 0.05) is 31.0 Å². The quantitative estimate of drug-likeness (QED) is 0.682. The minimum atomic E-state index is -0.616. The molecule has 1 atom stereocenters. The summed E-state index contributed by atoms with van der Waals surface area (Å²) in [6.07, 6.45) is 3.00. The molecular formula is C15H20FN3O2. The van der Waals surface area contributed by atoms with Crippen molar-refractivity contribution < 1.29 is 14.2 Å². The largest absolute Gasteiger partial charge is 0.389 e. The molecule has 0 saturated heterocycles. The van der Waals surface area contributed by atoms with Crippen LogP contribution in [0.2, 0.25) is 0 Å². The van der Waals surface area contributed by atoms with E-state index in [1.807, 2.05) is 16.9 Å². The Morgan fingerprint density at radius 2 is 2.19 bits per heavy atom. The smallest absolute Gasteiger partial charge is 0.128 e. The molecule has 1 aromatic carbocycles. The number of aliphatic hydroxyl groups excluding tert-OH is 1. The third-order valence-corrected chi connectivity index (χ3v) is 2.98. The van der Waals surface area contributed by atoms with Gasteiger partial charge < -0.3 is 15.2 Å². The van der Waals surface area contributed by atoms with Crippen LogP contribution in [0.3, 0.4) is 0 Å². The topological polar surface area (TPSA) is 59.3 Å². The molecule has 0 amide bonds. The molecular weight excluding hydrogens is 273 g/mol. The van der Waals surface area contributed by atoms with E-state index in [0.29, 0.717) is 18.7 Å². The molecule has 1 unspecified atom stereocenters. The first-order valence-corrected chi connectivity index (χ1v) is 6.93. The number of nitrogens with zero attached hydrogens (tertiary/aromatic N) is 2. The number of hydrogen-bond acceptors (Lipinski definition) is 4. The van der Waals surface area contributed by atoms with Crippen LogP contribution in [0, 0.1) is 5.82 Å². The predicted molar refractivity (Wildman–Crippen MR) is 77.2 cm³/mol. The maximum absolute atomic E-state index is 13.3. The average molecular weight is 293 g/mol. The van der Waals surface area contributed by atoms with Gasteiger partial charge in [-0.2, -0.15) is 5.10 Å². The van der Waals surface area contributed by atoms with Crippen LogP contribution >= 0.6 is 0 Å². The normalized spacial score (nSPS) is 12.5. The van der Waals surface area contributed by atoms with Gasteiger partial charge in [0.15, 0.2) is 0 Å². The molecule has 0 bridgehead atoms. The number of hydrogen-bond donors (Lipinski definition) is 2. The predicted octanol–water partition coefficient (Wildman–Crippen LogP) is 1.19.